The van der Waals surface area contributed by atoms with Crippen molar-refractivity contribution in [3.8, 4) is 22.6 Å². The maximum absolute atomic E-state index is 4.64. The van der Waals surface area contributed by atoms with Crippen LogP contribution in [0.4, 0.5) is 0 Å². The smallest absolute Gasteiger partial charge is 0.0702 e. The van der Waals surface area contributed by atoms with Crippen molar-refractivity contribution in [2.45, 2.75) is 0 Å². The van der Waals surface area contributed by atoms with Crippen molar-refractivity contribution in [2.24, 2.45) is 0 Å². The predicted octanol–water partition coefficient (Wildman–Crippen LogP) is 10.2. The summed E-state index contributed by atoms with van der Waals surface area (Å²) in [6, 6.07) is 45.8. The number of hydrogen-bond acceptors (Lipinski definition) is 2. The van der Waals surface area contributed by atoms with E-state index in [1.54, 1.807) is 0 Å². The maximum Gasteiger partial charge on any atom is 0.0702 e. The van der Waals surface area contributed by atoms with Crippen LogP contribution < -0.4 is 0 Å². The van der Waals surface area contributed by atoms with Crippen molar-refractivity contribution in [1.29, 1.82) is 0 Å². The third-order valence-electron chi connectivity index (χ3n) is 8.19. The minimum absolute atomic E-state index is 0.974. The molecule has 4 aromatic heterocycles. The average molecular weight is 542 g/mol. The van der Waals surface area contributed by atoms with Crippen molar-refractivity contribution >= 4 is 64.2 Å². The van der Waals surface area contributed by atoms with Crippen LogP contribution in [0.3, 0.4) is 0 Å². The second-order valence-electron chi connectivity index (χ2n) is 10.5. The Balaban J connectivity index is 1.42. The van der Waals surface area contributed by atoms with Gasteiger partial charge in [0.05, 0.1) is 22.2 Å². The third-order valence-corrected chi connectivity index (χ3v) is 9.33. The Bertz CT molecular complexity index is 2410. The molecule has 0 spiro atoms. The fraction of sp³-hybridized carbons (Fsp3) is 0. The van der Waals surface area contributed by atoms with Crippen LogP contribution in [0.5, 0.6) is 0 Å². The van der Waals surface area contributed by atoms with E-state index in [1.807, 2.05) is 29.7 Å². The summed E-state index contributed by atoms with van der Waals surface area (Å²) < 4.78 is 7.37. The lowest BCUT2D eigenvalue weighted by Crippen LogP contribution is -1.96. The number of fused-ring (bicyclic) bond motifs is 8. The van der Waals surface area contributed by atoms with Gasteiger partial charge in [-0.2, -0.15) is 0 Å². The van der Waals surface area contributed by atoms with Crippen LogP contribution in [0, 0.1) is 0 Å². The fourth-order valence-electron chi connectivity index (χ4n) is 6.36. The van der Waals surface area contributed by atoms with Crippen LogP contribution in [0.1, 0.15) is 0 Å². The van der Waals surface area contributed by atoms with E-state index < -0.39 is 0 Å². The SMILES string of the molecule is c1ccc(-n2ccc3c2ccc2c4cc5c(cc4n(-c4cccc(-c6ccccn6)c4)c23)sc2ccccc25)cc1. The molecule has 9 aromatic rings. The van der Waals surface area contributed by atoms with E-state index in [2.05, 4.69) is 136 Å². The maximum atomic E-state index is 4.64. The summed E-state index contributed by atoms with van der Waals surface area (Å²) >= 11 is 1.87. The number of nitrogens with zero attached hydrogens (tertiary/aromatic N) is 3. The molecule has 0 aliphatic rings. The second kappa shape index (κ2) is 8.65. The fourth-order valence-corrected chi connectivity index (χ4v) is 7.48. The Kier molecular flexibility index (Phi) is 4.77. The zero-order valence-corrected chi connectivity index (χ0v) is 22.8. The van der Waals surface area contributed by atoms with Crippen molar-refractivity contribution in [1.82, 2.24) is 14.1 Å². The van der Waals surface area contributed by atoms with Gasteiger partial charge >= 0.3 is 0 Å². The summed E-state index contributed by atoms with van der Waals surface area (Å²) in [6.45, 7) is 0. The van der Waals surface area contributed by atoms with Gasteiger partial charge in [-0.05, 0) is 66.7 Å². The molecule has 41 heavy (non-hydrogen) atoms. The van der Waals surface area contributed by atoms with Gasteiger partial charge in [-0.15, -0.1) is 11.3 Å². The van der Waals surface area contributed by atoms with E-state index in [1.165, 1.54) is 52.9 Å². The number of para-hydroxylation sites is 1. The molecule has 0 aliphatic carbocycles. The molecular weight excluding hydrogens is 518 g/mol. The highest BCUT2D eigenvalue weighted by Gasteiger charge is 2.19. The molecule has 0 amide bonds. The Morgan fingerprint density at radius 1 is 0.512 bits per heavy atom. The first-order chi connectivity index (χ1) is 20.3. The molecule has 4 heteroatoms. The quantitative estimate of drug-likeness (QED) is 0.218. The highest BCUT2D eigenvalue weighted by atomic mass is 32.1. The summed E-state index contributed by atoms with van der Waals surface area (Å²) in [4.78, 5) is 4.64. The van der Waals surface area contributed by atoms with Crippen LogP contribution in [-0.2, 0) is 0 Å². The monoisotopic (exact) mass is 541 g/mol. The summed E-state index contributed by atoms with van der Waals surface area (Å²) in [5.74, 6) is 0. The van der Waals surface area contributed by atoms with Crippen LogP contribution in [0.2, 0.25) is 0 Å². The van der Waals surface area contributed by atoms with Crippen molar-refractivity contribution in [2.75, 3.05) is 0 Å². The second-order valence-corrected chi connectivity index (χ2v) is 11.6. The van der Waals surface area contributed by atoms with Crippen LogP contribution in [0.25, 0.3) is 75.5 Å². The molecule has 0 bridgehead atoms. The Labute approximate surface area is 240 Å². The zero-order valence-electron chi connectivity index (χ0n) is 22.0. The summed E-state index contributed by atoms with van der Waals surface area (Å²) in [6.07, 6.45) is 4.05. The molecular formula is C37H23N3S. The molecule has 0 radical (unpaired) electrons. The Morgan fingerprint density at radius 2 is 1.37 bits per heavy atom. The van der Waals surface area contributed by atoms with E-state index in [4.69, 9.17) is 0 Å². The van der Waals surface area contributed by atoms with Gasteiger partial charge < -0.3 is 9.13 Å². The summed E-state index contributed by atoms with van der Waals surface area (Å²) in [5, 5.41) is 6.41. The van der Waals surface area contributed by atoms with Gasteiger partial charge in [0.1, 0.15) is 0 Å². The van der Waals surface area contributed by atoms with Crippen LogP contribution in [-0.4, -0.2) is 14.1 Å². The normalized spacial score (nSPS) is 11.9. The number of pyridine rings is 1. The molecule has 0 saturated carbocycles. The van der Waals surface area contributed by atoms with Gasteiger partial charge in [0.15, 0.2) is 0 Å². The summed E-state index contributed by atoms with van der Waals surface area (Å²) in [5.41, 5.74) is 8.02. The molecule has 0 fully saturated rings. The molecule has 0 atom stereocenters. The molecule has 9 rings (SSSR count). The Morgan fingerprint density at radius 3 is 2.27 bits per heavy atom. The topological polar surface area (TPSA) is 22.8 Å². The van der Waals surface area contributed by atoms with E-state index in [9.17, 15) is 0 Å². The summed E-state index contributed by atoms with van der Waals surface area (Å²) in [7, 11) is 0. The molecule has 3 nitrogen and oxygen atoms in total. The van der Waals surface area contributed by atoms with Gasteiger partial charge in [-0.25, -0.2) is 0 Å². The molecule has 4 heterocycles. The lowest BCUT2D eigenvalue weighted by molar-refractivity contribution is 1.13. The molecule has 0 unspecified atom stereocenters. The van der Waals surface area contributed by atoms with Crippen LogP contribution in [0.15, 0.2) is 140 Å². The highest BCUT2D eigenvalue weighted by Crippen LogP contribution is 2.43. The lowest BCUT2D eigenvalue weighted by atomic mass is 10.1. The van der Waals surface area contributed by atoms with E-state index in [0.717, 1.165) is 22.6 Å². The van der Waals surface area contributed by atoms with Gasteiger partial charge in [0, 0.05) is 65.7 Å². The van der Waals surface area contributed by atoms with Gasteiger partial charge in [-0.1, -0.05) is 60.7 Å². The van der Waals surface area contributed by atoms with Crippen molar-refractivity contribution in [3.05, 3.63) is 140 Å². The standard InChI is InChI=1S/C37H23N3S/c1-2-10-25(11-3-1)39-20-18-29-33(39)17-16-28-30-22-31-27-13-4-5-15-35(27)41-36(31)23-34(30)40(37(28)29)26-12-8-9-24(21-26)32-14-6-7-19-38-32/h1-23H. The van der Waals surface area contributed by atoms with E-state index >= 15 is 0 Å². The number of hydrogen-bond donors (Lipinski definition) is 0. The number of benzene rings is 5. The Hall–Kier alpha value is -5.19. The molecule has 5 aromatic carbocycles. The van der Waals surface area contributed by atoms with Gasteiger partial charge in [-0.3, -0.25) is 4.98 Å². The van der Waals surface area contributed by atoms with Crippen molar-refractivity contribution < 1.29 is 0 Å². The van der Waals surface area contributed by atoms with Gasteiger partial charge in [0.25, 0.3) is 0 Å². The van der Waals surface area contributed by atoms with E-state index in [0.29, 0.717) is 0 Å². The van der Waals surface area contributed by atoms with Gasteiger partial charge in [0.2, 0.25) is 0 Å². The molecule has 192 valence electrons. The predicted molar refractivity (Wildman–Crippen MR) is 174 cm³/mol. The van der Waals surface area contributed by atoms with Crippen LogP contribution >= 0.6 is 11.3 Å². The number of thiophene rings is 1. The number of rotatable bonds is 3. The highest BCUT2D eigenvalue weighted by molar-refractivity contribution is 7.25. The van der Waals surface area contributed by atoms with E-state index in [-0.39, 0.29) is 0 Å². The lowest BCUT2D eigenvalue weighted by Gasteiger charge is -2.11. The average Bonchev–Trinajstić information content (AvgIpc) is 3.72. The molecule has 0 N–H and O–H groups in total. The van der Waals surface area contributed by atoms with Crippen molar-refractivity contribution in [3.63, 3.8) is 0 Å². The first-order valence-electron chi connectivity index (χ1n) is 13.8. The molecule has 0 saturated heterocycles. The zero-order chi connectivity index (χ0) is 26.9. The first-order valence-corrected chi connectivity index (χ1v) is 14.6. The largest absolute Gasteiger partial charge is 0.316 e. The minimum atomic E-state index is 0.974. The first kappa shape index (κ1) is 22.6. The number of aromatic nitrogens is 3. The third kappa shape index (κ3) is 3.35. The minimum Gasteiger partial charge on any atom is -0.316 e. The molecule has 0 aliphatic heterocycles.